The maximum Gasteiger partial charge on any atom is 0.0417 e. The Morgan fingerprint density at radius 3 is 2.71 bits per heavy atom. The van der Waals surface area contributed by atoms with Gasteiger partial charge in [-0.3, -0.25) is 0 Å². The van der Waals surface area contributed by atoms with Gasteiger partial charge in [-0.2, -0.15) is 0 Å². The number of likely N-dealkylation sites (N-methyl/N-ethyl adjacent to an activating group) is 1. The second-order valence-corrected chi connectivity index (χ2v) is 7.02. The summed E-state index contributed by atoms with van der Waals surface area (Å²) >= 11 is 0. The van der Waals surface area contributed by atoms with Crippen LogP contribution in [0.25, 0.3) is 0 Å². The van der Waals surface area contributed by atoms with E-state index in [0.717, 1.165) is 19.1 Å². The first-order valence-corrected chi connectivity index (χ1v) is 8.38. The van der Waals surface area contributed by atoms with E-state index in [1.165, 1.54) is 49.0 Å². The fraction of sp³-hybridized carbons (Fsp3) is 0.667. The first-order valence-electron chi connectivity index (χ1n) is 8.38. The molecule has 2 aliphatic rings. The van der Waals surface area contributed by atoms with Gasteiger partial charge in [0.05, 0.1) is 0 Å². The Morgan fingerprint density at radius 2 is 2.05 bits per heavy atom. The lowest BCUT2D eigenvalue weighted by Crippen LogP contribution is -2.37. The van der Waals surface area contributed by atoms with Crippen molar-refractivity contribution in [2.45, 2.75) is 51.2 Å². The van der Waals surface area contributed by atoms with Crippen LogP contribution in [0.2, 0.25) is 0 Å². The zero-order valence-corrected chi connectivity index (χ0v) is 13.7. The van der Waals surface area contributed by atoms with Gasteiger partial charge in [0.1, 0.15) is 0 Å². The average molecular weight is 287 g/mol. The lowest BCUT2D eigenvalue weighted by Gasteiger charge is -2.29. The molecule has 21 heavy (non-hydrogen) atoms. The summed E-state index contributed by atoms with van der Waals surface area (Å²) in [4.78, 5) is 4.91. The molecule has 1 atom stereocenters. The SMILES string of the molecule is Cc1cc(N2CCCC2CN(C)C)ccc1CNC1CC1. The molecule has 0 aromatic heterocycles. The molecule has 2 fully saturated rings. The highest BCUT2D eigenvalue weighted by molar-refractivity contribution is 5.52. The fourth-order valence-corrected chi connectivity index (χ4v) is 3.39. The van der Waals surface area contributed by atoms with Crippen LogP contribution in [0.15, 0.2) is 18.2 Å². The molecule has 1 saturated carbocycles. The highest BCUT2D eigenvalue weighted by Gasteiger charge is 2.25. The van der Waals surface area contributed by atoms with Crippen molar-refractivity contribution in [3.8, 4) is 0 Å². The molecule has 3 nitrogen and oxygen atoms in total. The second-order valence-electron chi connectivity index (χ2n) is 7.02. The van der Waals surface area contributed by atoms with Crippen molar-refractivity contribution in [1.82, 2.24) is 10.2 Å². The first-order chi connectivity index (χ1) is 10.1. The number of hydrogen-bond acceptors (Lipinski definition) is 3. The molecular weight excluding hydrogens is 258 g/mol. The van der Waals surface area contributed by atoms with Gasteiger partial charge in [0, 0.05) is 37.4 Å². The Bertz CT molecular complexity index is 479. The minimum atomic E-state index is 0.676. The van der Waals surface area contributed by atoms with Crippen molar-refractivity contribution in [2.24, 2.45) is 0 Å². The third kappa shape index (κ3) is 3.78. The molecule has 3 heteroatoms. The van der Waals surface area contributed by atoms with Crippen LogP contribution < -0.4 is 10.2 Å². The topological polar surface area (TPSA) is 18.5 Å². The van der Waals surface area contributed by atoms with E-state index < -0.39 is 0 Å². The summed E-state index contributed by atoms with van der Waals surface area (Å²) in [5.74, 6) is 0. The maximum absolute atomic E-state index is 3.62. The van der Waals surface area contributed by atoms with Gasteiger partial charge in [0.25, 0.3) is 0 Å². The molecule has 1 aromatic carbocycles. The van der Waals surface area contributed by atoms with Crippen LogP contribution in [-0.2, 0) is 6.54 Å². The molecule has 0 bridgehead atoms. The predicted molar refractivity (Wildman–Crippen MR) is 90.0 cm³/mol. The molecule has 1 aromatic rings. The summed E-state index contributed by atoms with van der Waals surface area (Å²) in [6.07, 6.45) is 5.36. The number of aryl methyl sites for hydroxylation is 1. The molecule has 0 amide bonds. The van der Waals surface area contributed by atoms with E-state index in [4.69, 9.17) is 0 Å². The molecule has 0 radical (unpaired) electrons. The van der Waals surface area contributed by atoms with Gasteiger partial charge < -0.3 is 15.1 Å². The minimum absolute atomic E-state index is 0.676. The average Bonchev–Trinajstić information content (AvgIpc) is 3.16. The second kappa shape index (κ2) is 6.37. The largest absolute Gasteiger partial charge is 0.367 e. The van der Waals surface area contributed by atoms with Crippen LogP contribution in [0.1, 0.15) is 36.8 Å². The summed E-state index contributed by atoms with van der Waals surface area (Å²) in [6, 6.07) is 8.50. The monoisotopic (exact) mass is 287 g/mol. The van der Waals surface area contributed by atoms with Crippen LogP contribution in [0.5, 0.6) is 0 Å². The molecule has 116 valence electrons. The van der Waals surface area contributed by atoms with E-state index >= 15 is 0 Å². The molecule has 1 saturated heterocycles. The summed E-state index contributed by atoms with van der Waals surface area (Å²) in [5, 5.41) is 3.62. The van der Waals surface area contributed by atoms with Crippen LogP contribution >= 0.6 is 0 Å². The molecule has 1 heterocycles. The van der Waals surface area contributed by atoms with Crippen molar-refractivity contribution < 1.29 is 0 Å². The third-order valence-electron chi connectivity index (χ3n) is 4.77. The first kappa shape index (κ1) is 14.9. The van der Waals surface area contributed by atoms with E-state index in [1.807, 2.05) is 0 Å². The van der Waals surface area contributed by atoms with Gasteiger partial charge in [-0.05, 0) is 70.0 Å². The Labute approximate surface area is 129 Å². The molecule has 1 N–H and O–H groups in total. The molecule has 3 rings (SSSR count). The van der Waals surface area contributed by atoms with Gasteiger partial charge in [-0.25, -0.2) is 0 Å². The smallest absolute Gasteiger partial charge is 0.0417 e. The van der Waals surface area contributed by atoms with Crippen LogP contribution in [0, 0.1) is 6.92 Å². The lowest BCUT2D eigenvalue weighted by molar-refractivity contribution is 0.372. The van der Waals surface area contributed by atoms with Gasteiger partial charge in [-0.1, -0.05) is 6.07 Å². The molecule has 0 spiro atoms. The number of anilines is 1. The van der Waals surface area contributed by atoms with Crippen molar-refractivity contribution in [1.29, 1.82) is 0 Å². The summed E-state index contributed by atoms with van der Waals surface area (Å²) in [6.45, 7) is 5.64. The maximum atomic E-state index is 3.62. The fourth-order valence-electron chi connectivity index (χ4n) is 3.39. The Hall–Kier alpha value is -1.06. The summed E-state index contributed by atoms with van der Waals surface area (Å²) in [5.41, 5.74) is 4.29. The van der Waals surface area contributed by atoms with Crippen LogP contribution in [-0.4, -0.2) is 44.2 Å². The molecular formula is C18H29N3. The molecule has 1 aliphatic carbocycles. The Kier molecular flexibility index (Phi) is 4.51. The quantitative estimate of drug-likeness (QED) is 0.868. The van der Waals surface area contributed by atoms with E-state index in [2.05, 4.69) is 54.3 Å². The number of benzene rings is 1. The highest BCUT2D eigenvalue weighted by Crippen LogP contribution is 2.28. The van der Waals surface area contributed by atoms with E-state index in [-0.39, 0.29) is 0 Å². The standard InChI is InChI=1S/C18H29N3/c1-14-11-17(9-6-15(14)12-19-16-7-8-16)21-10-4-5-18(21)13-20(2)3/h6,9,11,16,18-19H,4-5,7-8,10,12-13H2,1-3H3. The van der Waals surface area contributed by atoms with Gasteiger partial charge in [-0.15, -0.1) is 0 Å². The highest BCUT2D eigenvalue weighted by atomic mass is 15.2. The Balaban J connectivity index is 1.68. The number of nitrogens with one attached hydrogen (secondary N) is 1. The van der Waals surface area contributed by atoms with Crippen LogP contribution in [0.4, 0.5) is 5.69 Å². The predicted octanol–water partition coefficient (Wildman–Crippen LogP) is 2.78. The van der Waals surface area contributed by atoms with E-state index in [1.54, 1.807) is 0 Å². The zero-order valence-electron chi connectivity index (χ0n) is 13.7. The Morgan fingerprint density at radius 1 is 1.24 bits per heavy atom. The summed E-state index contributed by atoms with van der Waals surface area (Å²) in [7, 11) is 4.35. The van der Waals surface area contributed by atoms with Crippen molar-refractivity contribution in [3.63, 3.8) is 0 Å². The number of rotatable bonds is 6. The number of hydrogen-bond donors (Lipinski definition) is 1. The van der Waals surface area contributed by atoms with Gasteiger partial charge in [0.2, 0.25) is 0 Å². The lowest BCUT2D eigenvalue weighted by atomic mass is 10.1. The van der Waals surface area contributed by atoms with Crippen molar-refractivity contribution in [2.75, 3.05) is 32.1 Å². The van der Waals surface area contributed by atoms with Gasteiger partial charge >= 0.3 is 0 Å². The van der Waals surface area contributed by atoms with Crippen LogP contribution in [0.3, 0.4) is 0 Å². The van der Waals surface area contributed by atoms with Crippen molar-refractivity contribution >= 4 is 5.69 Å². The van der Waals surface area contributed by atoms with Gasteiger partial charge in [0.15, 0.2) is 0 Å². The zero-order chi connectivity index (χ0) is 14.8. The molecule has 1 unspecified atom stereocenters. The van der Waals surface area contributed by atoms with Crippen molar-refractivity contribution in [3.05, 3.63) is 29.3 Å². The minimum Gasteiger partial charge on any atom is -0.367 e. The molecule has 1 aliphatic heterocycles. The van der Waals surface area contributed by atoms with E-state index in [0.29, 0.717) is 6.04 Å². The summed E-state index contributed by atoms with van der Waals surface area (Å²) < 4.78 is 0. The van der Waals surface area contributed by atoms with E-state index in [9.17, 15) is 0 Å². The normalized spacial score (nSPS) is 22.3. The number of nitrogens with zero attached hydrogens (tertiary/aromatic N) is 2. The third-order valence-corrected chi connectivity index (χ3v) is 4.77.